The van der Waals surface area contributed by atoms with Crippen LogP contribution in [0, 0.1) is 0 Å². The van der Waals surface area contributed by atoms with Crippen LogP contribution in [0.4, 0.5) is 10.7 Å². The van der Waals surface area contributed by atoms with Crippen LogP contribution < -0.4 is 10.6 Å². The fraction of sp³-hybridized carbons (Fsp3) is 0.786. The summed E-state index contributed by atoms with van der Waals surface area (Å²) in [7, 11) is 1.58. The fourth-order valence-electron chi connectivity index (χ4n) is 2.65. The molecule has 1 aromatic rings. The third kappa shape index (κ3) is 4.96. The van der Waals surface area contributed by atoms with Crippen molar-refractivity contribution in [1.82, 2.24) is 20.1 Å². The SMILES string of the molecule is COCCC(CO)NC(=O)Nc1ncn(C2CCCCC2)n1. The van der Waals surface area contributed by atoms with Crippen LogP contribution in [-0.2, 0) is 4.74 Å². The van der Waals surface area contributed by atoms with Gasteiger partial charge in [-0.25, -0.2) is 14.5 Å². The summed E-state index contributed by atoms with van der Waals surface area (Å²) in [6, 6.07) is -0.385. The Labute approximate surface area is 130 Å². The number of nitrogens with zero attached hydrogens (tertiary/aromatic N) is 3. The quantitative estimate of drug-likeness (QED) is 0.704. The number of urea groups is 1. The Morgan fingerprint density at radius 3 is 2.95 bits per heavy atom. The van der Waals surface area contributed by atoms with Crippen LogP contribution in [0.1, 0.15) is 44.6 Å². The van der Waals surface area contributed by atoms with E-state index in [0.29, 0.717) is 19.1 Å². The van der Waals surface area contributed by atoms with E-state index in [1.165, 1.54) is 19.3 Å². The highest BCUT2D eigenvalue weighted by Crippen LogP contribution is 2.27. The summed E-state index contributed by atoms with van der Waals surface area (Å²) in [5, 5.41) is 18.8. The molecule has 0 spiro atoms. The number of carbonyl (C=O) groups is 1. The number of hydrogen-bond acceptors (Lipinski definition) is 5. The molecule has 0 aliphatic heterocycles. The number of aliphatic hydroxyl groups excluding tert-OH is 1. The first-order chi connectivity index (χ1) is 10.7. The lowest BCUT2D eigenvalue weighted by molar-refractivity contribution is 0.161. The molecule has 22 heavy (non-hydrogen) atoms. The maximum Gasteiger partial charge on any atom is 0.321 e. The molecule has 2 rings (SSSR count). The van der Waals surface area contributed by atoms with Crippen LogP contribution in [0.2, 0.25) is 0 Å². The molecular weight excluding hydrogens is 286 g/mol. The van der Waals surface area contributed by atoms with E-state index >= 15 is 0 Å². The highest BCUT2D eigenvalue weighted by molar-refractivity contribution is 5.87. The second kappa shape index (κ2) is 8.70. The number of hydrogen-bond donors (Lipinski definition) is 3. The van der Waals surface area contributed by atoms with E-state index in [1.54, 1.807) is 13.4 Å². The number of amides is 2. The molecule has 1 unspecified atom stereocenters. The Kier molecular flexibility index (Phi) is 6.60. The minimum Gasteiger partial charge on any atom is -0.394 e. The Morgan fingerprint density at radius 2 is 2.27 bits per heavy atom. The number of nitrogens with one attached hydrogen (secondary N) is 2. The zero-order chi connectivity index (χ0) is 15.8. The Balaban J connectivity index is 1.82. The molecule has 8 heteroatoms. The van der Waals surface area contributed by atoms with Gasteiger partial charge in [-0.1, -0.05) is 19.3 Å². The first-order valence-electron chi connectivity index (χ1n) is 7.81. The zero-order valence-corrected chi connectivity index (χ0v) is 13.0. The first kappa shape index (κ1) is 16.7. The summed E-state index contributed by atoms with van der Waals surface area (Å²) in [5.74, 6) is 0.284. The number of aliphatic hydroxyl groups is 1. The maximum atomic E-state index is 11.9. The second-order valence-corrected chi connectivity index (χ2v) is 5.60. The minimum absolute atomic E-state index is 0.138. The lowest BCUT2D eigenvalue weighted by atomic mass is 9.96. The topological polar surface area (TPSA) is 101 Å². The molecule has 1 aliphatic rings. The largest absolute Gasteiger partial charge is 0.394 e. The maximum absolute atomic E-state index is 11.9. The monoisotopic (exact) mass is 311 g/mol. The summed E-state index contributed by atoms with van der Waals surface area (Å²) < 4.78 is 6.77. The van der Waals surface area contributed by atoms with Crippen LogP contribution in [0.25, 0.3) is 0 Å². The summed E-state index contributed by atoms with van der Waals surface area (Å²) in [5.41, 5.74) is 0. The molecule has 0 bridgehead atoms. The number of methoxy groups -OCH3 is 1. The van der Waals surface area contributed by atoms with Gasteiger partial charge in [-0.05, 0) is 19.3 Å². The lowest BCUT2D eigenvalue weighted by Gasteiger charge is -2.21. The molecule has 2 amide bonds. The van der Waals surface area contributed by atoms with Crippen molar-refractivity contribution in [3.63, 3.8) is 0 Å². The molecule has 124 valence electrons. The number of ether oxygens (including phenoxy) is 1. The summed E-state index contributed by atoms with van der Waals surface area (Å²) in [6.45, 7) is 0.334. The smallest absolute Gasteiger partial charge is 0.321 e. The van der Waals surface area contributed by atoms with Crippen LogP contribution in [0.5, 0.6) is 0 Å². The van der Waals surface area contributed by atoms with Crippen molar-refractivity contribution in [3.05, 3.63) is 6.33 Å². The highest BCUT2D eigenvalue weighted by Gasteiger charge is 2.18. The number of aromatic nitrogens is 3. The van der Waals surface area contributed by atoms with Crippen molar-refractivity contribution in [3.8, 4) is 0 Å². The second-order valence-electron chi connectivity index (χ2n) is 5.60. The fourth-order valence-corrected chi connectivity index (χ4v) is 2.65. The van der Waals surface area contributed by atoms with Crippen molar-refractivity contribution in [2.45, 2.75) is 50.6 Å². The van der Waals surface area contributed by atoms with Crippen molar-refractivity contribution >= 4 is 12.0 Å². The molecule has 0 aromatic carbocycles. The van der Waals surface area contributed by atoms with Gasteiger partial charge in [0.15, 0.2) is 0 Å². The Bertz CT molecular complexity index is 459. The normalized spacial score (nSPS) is 17.2. The molecule has 1 fully saturated rings. The molecule has 0 radical (unpaired) electrons. The van der Waals surface area contributed by atoms with Gasteiger partial charge in [-0.2, -0.15) is 0 Å². The van der Waals surface area contributed by atoms with Crippen molar-refractivity contribution in [2.24, 2.45) is 0 Å². The Morgan fingerprint density at radius 1 is 1.50 bits per heavy atom. The minimum atomic E-state index is -0.420. The van der Waals surface area contributed by atoms with Crippen molar-refractivity contribution in [2.75, 3.05) is 25.6 Å². The average molecular weight is 311 g/mol. The van der Waals surface area contributed by atoms with E-state index in [9.17, 15) is 9.90 Å². The van der Waals surface area contributed by atoms with E-state index in [2.05, 4.69) is 20.7 Å². The lowest BCUT2D eigenvalue weighted by Crippen LogP contribution is -2.41. The third-order valence-electron chi connectivity index (χ3n) is 3.91. The molecule has 3 N–H and O–H groups in total. The van der Waals surface area contributed by atoms with Gasteiger partial charge in [0.05, 0.1) is 18.7 Å². The molecule has 1 aliphatic carbocycles. The molecule has 1 saturated carbocycles. The van der Waals surface area contributed by atoms with Crippen LogP contribution >= 0.6 is 0 Å². The van der Waals surface area contributed by atoms with E-state index in [0.717, 1.165) is 12.8 Å². The van der Waals surface area contributed by atoms with Crippen LogP contribution in [-0.4, -0.2) is 52.3 Å². The molecule has 8 nitrogen and oxygen atoms in total. The average Bonchev–Trinajstić information content (AvgIpc) is 3.00. The van der Waals surface area contributed by atoms with Gasteiger partial charge in [-0.3, -0.25) is 5.32 Å². The molecular formula is C14H25N5O3. The molecule has 0 saturated heterocycles. The van der Waals surface area contributed by atoms with E-state index in [-0.39, 0.29) is 18.6 Å². The first-order valence-corrected chi connectivity index (χ1v) is 7.81. The van der Waals surface area contributed by atoms with Gasteiger partial charge in [-0.15, -0.1) is 5.10 Å². The standard InChI is InChI=1S/C14H25N5O3/c1-22-8-7-11(9-20)16-14(21)17-13-15-10-19(18-13)12-5-3-2-4-6-12/h10-12,20H,2-9H2,1H3,(H2,16,17,18,21). The number of rotatable bonds is 7. The van der Waals surface area contributed by atoms with Crippen LogP contribution in [0.15, 0.2) is 6.33 Å². The molecule has 1 aromatic heterocycles. The molecule has 1 heterocycles. The van der Waals surface area contributed by atoms with Gasteiger partial charge in [0.1, 0.15) is 6.33 Å². The van der Waals surface area contributed by atoms with Crippen LogP contribution in [0.3, 0.4) is 0 Å². The van der Waals surface area contributed by atoms with Gasteiger partial charge >= 0.3 is 6.03 Å². The van der Waals surface area contributed by atoms with Gasteiger partial charge in [0, 0.05) is 13.7 Å². The summed E-state index contributed by atoms with van der Waals surface area (Å²) in [4.78, 5) is 16.0. The zero-order valence-electron chi connectivity index (χ0n) is 13.0. The Hall–Kier alpha value is -1.67. The third-order valence-corrected chi connectivity index (χ3v) is 3.91. The predicted octanol–water partition coefficient (Wildman–Crippen LogP) is 1.30. The summed E-state index contributed by atoms with van der Waals surface area (Å²) >= 11 is 0. The van der Waals surface area contributed by atoms with Gasteiger partial charge < -0.3 is 15.2 Å². The number of carbonyl (C=O) groups excluding carboxylic acids is 1. The number of anilines is 1. The molecule has 1 atom stereocenters. The highest BCUT2D eigenvalue weighted by atomic mass is 16.5. The predicted molar refractivity (Wildman–Crippen MR) is 81.7 cm³/mol. The van der Waals surface area contributed by atoms with Crippen molar-refractivity contribution < 1.29 is 14.6 Å². The van der Waals surface area contributed by atoms with Gasteiger partial charge in [0.2, 0.25) is 5.95 Å². The van der Waals surface area contributed by atoms with E-state index in [1.807, 2.05) is 4.68 Å². The van der Waals surface area contributed by atoms with E-state index in [4.69, 9.17) is 4.74 Å². The van der Waals surface area contributed by atoms with Crippen molar-refractivity contribution in [1.29, 1.82) is 0 Å². The summed E-state index contributed by atoms with van der Waals surface area (Å²) in [6.07, 6.45) is 8.14. The van der Waals surface area contributed by atoms with E-state index < -0.39 is 6.03 Å². The van der Waals surface area contributed by atoms with Gasteiger partial charge in [0.25, 0.3) is 0 Å².